The monoisotopic (exact) mass is 547 g/mol. The Balaban J connectivity index is 1.23. The van der Waals surface area contributed by atoms with Crippen molar-refractivity contribution in [2.24, 2.45) is 0 Å². The van der Waals surface area contributed by atoms with Crippen LogP contribution in [0.15, 0.2) is 60.7 Å². The summed E-state index contributed by atoms with van der Waals surface area (Å²) in [5.41, 5.74) is 4.87. The van der Waals surface area contributed by atoms with Crippen molar-refractivity contribution in [2.75, 3.05) is 20.3 Å². The Morgan fingerprint density at radius 2 is 1.69 bits per heavy atom. The van der Waals surface area contributed by atoms with Gasteiger partial charge < -0.3 is 19.4 Å². The number of hydrogen-bond donors (Lipinski definition) is 1. The molecule has 39 heavy (non-hydrogen) atoms. The third-order valence-electron chi connectivity index (χ3n) is 6.90. The minimum absolute atomic E-state index is 0.0976. The zero-order valence-electron chi connectivity index (χ0n) is 23.1. The van der Waals surface area contributed by atoms with Gasteiger partial charge in [-0.05, 0) is 87.1 Å². The van der Waals surface area contributed by atoms with Crippen molar-refractivity contribution in [2.45, 2.75) is 58.9 Å². The van der Waals surface area contributed by atoms with E-state index in [0.717, 1.165) is 78.3 Å². The maximum Gasteiger partial charge on any atom is 0.255 e. The molecule has 206 valence electrons. The van der Waals surface area contributed by atoms with Crippen LogP contribution in [-0.2, 0) is 13.0 Å². The SMILES string of the molecule is COc1ccccc1C(=O)NCCCCCc1nc2ccccc2n1CCCCOc1cc(C)c(Cl)c(C)c1. The first-order valence-corrected chi connectivity index (χ1v) is 14.1. The summed E-state index contributed by atoms with van der Waals surface area (Å²) in [5, 5.41) is 3.81. The third-order valence-corrected chi connectivity index (χ3v) is 7.50. The standard InChI is InChI=1S/C32H38ClN3O3/c1-23-21-25(22-24(2)31(23)33)39-20-12-11-19-36-28-15-8-7-14-27(28)35-30(36)17-5-4-10-18-34-32(37)26-13-6-9-16-29(26)38-3/h6-9,13-16,21-22H,4-5,10-12,17-20H2,1-3H3,(H,34,37). The fraction of sp³-hybridized carbons (Fsp3) is 0.375. The van der Waals surface area contributed by atoms with Gasteiger partial charge in [-0.3, -0.25) is 4.79 Å². The molecule has 6 nitrogen and oxygen atoms in total. The number of carbonyl (C=O) groups excluding carboxylic acids is 1. The number of benzene rings is 3. The lowest BCUT2D eigenvalue weighted by Gasteiger charge is -2.12. The fourth-order valence-corrected chi connectivity index (χ4v) is 4.94. The van der Waals surface area contributed by atoms with Gasteiger partial charge in [0.2, 0.25) is 0 Å². The Kier molecular flexibility index (Phi) is 10.3. The lowest BCUT2D eigenvalue weighted by molar-refractivity contribution is 0.0950. The zero-order valence-corrected chi connectivity index (χ0v) is 23.9. The summed E-state index contributed by atoms with van der Waals surface area (Å²) in [6, 6.07) is 19.6. The predicted molar refractivity (Wildman–Crippen MR) is 158 cm³/mol. The van der Waals surface area contributed by atoms with Crippen LogP contribution >= 0.6 is 11.6 Å². The highest BCUT2D eigenvalue weighted by atomic mass is 35.5. The van der Waals surface area contributed by atoms with Gasteiger partial charge in [0, 0.05) is 24.5 Å². The van der Waals surface area contributed by atoms with Gasteiger partial charge in [-0.1, -0.05) is 42.3 Å². The minimum atomic E-state index is -0.0976. The molecule has 0 saturated heterocycles. The molecule has 3 aromatic carbocycles. The van der Waals surface area contributed by atoms with E-state index in [0.29, 0.717) is 24.5 Å². The second kappa shape index (κ2) is 14.0. The van der Waals surface area contributed by atoms with Gasteiger partial charge in [0.15, 0.2) is 0 Å². The number of amides is 1. The number of ether oxygens (including phenoxy) is 2. The van der Waals surface area contributed by atoms with E-state index >= 15 is 0 Å². The first kappa shape index (κ1) is 28.5. The van der Waals surface area contributed by atoms with Gasteiger partial charge in [0.1, 0.15) is 17.3 Å². The molecular weight excluding hydrogens is 510 g/mol. The molecule has 0 unspecified atom stereocenters. The molecule has 1 amide bonds. The van der Waals surface area contributed by atoms with Crippen molar-refractivity contribution < 1.29 is 14.3 Å². The lowest BCUT2D eigenvalue weighted by Crippen LogP contribution is -2.24. The Bertz CT molecular complexity index is 1380. The smallest absolute Gasteiger partial charge is 0.255 e. The molecule has 4 rings (SSSR count). The molecule has 0 spiro atoms. The van der Waals surface area contributed by atoms with Crippen LogP contribution in [0.5, 0.6) is 11.5 Å². The Morgan fingerprint density at radius 1 is 0.949 bits per heavy atom. The van der Waals surface area contributed by atoms with E-state index in [4.69, 9.17) is 26.1 Å². The number of hydrogen-bond acceptors (Lipinski definition) is 4. The molecule has 0 bridgehead atoms. The predicted octanol–water partition coefficient (Wildman–Crippen LogP) is 7.32. The second-order valence-electron chi connectivity index (χ2n) is 9.86. The first-order valence-electron chi connectivity index (χ1n) is 13.7. The highest BCUT2D eigenvalue weighted by Gasteiger charge is 2.12. The third kappa shape index (κ3) is 7.54. The largest absolute Gasteiger partial charge is 0.496 e. The number of unbranched alkanes of at least 4 members (excludes halogenated alkanes) is 3. The van der Waals surface area contributed by atoms with E-state index in [1.165, 1.54) is 5.52 Å². The molecular formula is C32H38ClN3O3. The quantitative estimate of drug-likeness (QED) is 0.168. The number of methoxy groups -OCH3 is 1. The van der Waals surface area contributed by atoms with Crippen LogP contribution in [0.1, 0.15) is 59.4 Å². The number of rotatable bonds is 14. The summed E-state index contributed by atoms with van der Waals surface area (Å²) < 4.78 is 13.6. The molecule has 0 fully saturated rings. The lowest BCUT2D eigenvalue weighted by atomic mass is 10.1. The average Bonchev–Trinajstić information content (AvgIpc) is 3.30. The van der Waals surface area contributed by atoms with Gasteiger partial charge in [0.05, 0.1) is 30.3 Å². The van der Waals surface area contributed by atoms with E-state index in [9.17, 15) is 4.79 Å². The van der Waals surface area contributed by atoms with Gasteiger partial charge >= 0.3 is 0 Å². The summed E-state index contributed by atoms with van der Waals surface area (Å²) in [6.07, 6.45) is 5.83. The molecule has 0 aliphatic carbocycles. The average molecular weight is 548 g/mol. The summed E-state index contributed by atoms with van der Waals surface area (Å²) in [7, 11) is 1.58. The maximum atomic E-state index is 12.5. The van der Waals surface area contributed by atoms with Crippen LogP contribution in [-0.4, -0.2) is 35.7 Å². The number of aryl methyl sites for hydroxylation is 4. The van der Waals surface area contributed by atoms with E-state index in [1.807, 2.05) is 44.2 Å². The number of para-hydroxylation sites is 3. The van der Waals surface area contributed by atoms with Crippen LogP contribution in [0.25, 0.3) is 11.0 Å². The van der Waals surface area contributed by atoms with Gasteiger partial charge in [-0.15, -0.1) is 0 Å². The van der Waals surface area contributed by atoms with Crippen LogP contribution in [0, 0.1) is 13.8 Å². The fourth-order valence-electron chi connectivity index (χ4n) is 4.83. The number of nitrogens with zero attached hydrogens (tertiary/aromatic N) is 2. The highest BCUT2D eigenvalue weighted by Crippen LogP contribution is 2.26. The number of halogens is 1. The molecule has 4 aromatic rings. The molecule has 0 radical (unpaired) electrons. The molecule has 1 heterocycles. The molecule has 1 N–H and O–H groups in total. The van der Waals surface area contributed by atoms with Crippen molar-refractivity contribution >= 4 is 28.5 Å². The molecule has 1 aromatic heterocycles. The van der Waals surface area contributed by atoms with Gasteiger partial charge in [0.25, 0.3) is 5.91 Å². The van der Waals surface area contributed by atoms with Crippen LogP contribution in [0.2, 0.25) is 5.02 Å². The maximum absolute atomic E-state index is 12.5. The number of fused-ring (bicyclic) bond motifs is 1. The molecule has 0 aliphatic heterocycles. The topological polar surface area (TPSA) is 65.4 Å². The van der Waals surface area contributed by atoms with Crippen molar-refractivity contribution in [3.05, 3.63) is 88.2 Å². The molecule has 7 heteroatoms. The Hall–Kier alpha value is -3.51. The van der Waals surface area contributed by atoms with E-state index in [-0.39, 0.29) is 5.91 Å². The number of aromatic nitrogens is 2. The molecule has 0 aliphatic rings. The van der Waals surface area contributed by atoms with Crippen LogP contribution < -0.4 is 14.8 Å². The highest BCUT2D eigenvalue weighted by molar-refractivity contribution is 6.32. The molecule has 0 saturated carbocycles. The van der Waals surface area contributed by atoms with Crippen molar-refractivity contribution in [1.82, 2.24) is 14.9 Å². The minimum Gasteiger partial charge on any atom is -0.496 e. The van der Waals surface area contributed by atoms with Crippen LogP contribution in [0.4, 0.5) is 0 Å². The summed E-state index contributed by atoms with van der Waals surface area (Å²) in [5.74, 6) is 2.50. The van der Waals surface area contributed by atoms with E-state index in [2.05, 4.69) is 28.1 Å². The van der Waals surface area contributed by atoms with E-state index < -0.39 is 0 Å². The first-order chi connectivity index (χ1) is 19.0. The normalized spacial score (nSPS) is 11.1. The summed E-state index contributed by atoms with van der Waals surface area (Å²) in [4.78, 5) is 17.4. The molecule has 0 atom stereocenters. The van der Waals surface area contributed by atoms with Gasteiger partial charge in [-0.25, -0.2) is 4.98 Å². The summed E-state index contributed by atoms with van der Waals surface area (Å²) >= 11 is 6.27. The second-order valence-corrected chi connectivity index (χ2v) is 10.2. The van der Waals surface area contributed by atoms with Crippen molar-refractivity contribution in [3.63, 3.8) is 0 Å². The zero-order chi connectivity index (χ0) is 27.6. The Morgan fingerprint density at radius 3 is 2.49 bits per heavy atom. The summed E-state index contributed by atoms with van der Waals surface area (Å²) in [6.45, 7) is 6.23. The van der Waals surface area contributed by atoms with Crippen LogP contribution in [0.3, 0.4) is 0 Å². The number of nitrogens with one attached hydrogen (secondary N) is 1. The van der Waals surface area contributed by atoms with Crippen molar-refractivity contribution in [3.8, 4) is 11.5 Å². The van der Waals surface area contributed by atoms with Gasteiger partial charge in [-0.2, -0.15) is 0 Å². The van der Waals surface area contributed by atoms with E-state index in [1.54, 1.807) is 19.2 Å². The number of imidazole rings is 1. The van der Waals surface area contributed by atoms with Crippen molar-refractivity contribution in [1.29, 1.82) is 0 Å². The number of carbonyl (C=O) groups is 1. The Labute approximate surface area is 236 Å².